The van der Waals surface area contributed by atoms with E-state index >= 15 is 0 Å². The highest BCUT2D eigenvalue weighted by Gasteiger charge is 2.04. The monoisotopic (exact) mass is 207 g/mol. The van der Waals surface area contributed by atoms with Gasteiger partial charge in [-0.2, -0.15) is 0 Å². The summed E-state index contributed by atoms with van der Waals surface area (Å²) in [5.74, 6) is 1.49. The van der Waals surface area contributed by atoms with Gasteiger partial charge in [0.2, 0.25) is 5.95 Å². The van der Waals surface area contributed by atoms with E-state index in [4.69, 9.17) is 0 Å². The van der Waals surface area contributed by atoms with Crippen molar-refractivity contribution in [1.29, 1.82) is 0 Å². The second kappa shape index (κ2) is 5.69. The fraction of sp³-hybridized carbons (Fsp3) is 0.667. The summed E-state index contributed by atoms with van der Waals surface area (Å²) in [5.41, 5.74) is 1.09. The number of anilines is 1. The van der Waals surface area contributed by atoms with Crippen molar-refractivity contribution in [2.75, 3.05) is 5.32 Å². The first-order chi connectivity index (χ1) is 7.08. The van der Waals surface area contributed by atoms with Crippen LogP contribution >= 0.6 is 0 Å². The zero-order chi connectivity index (χ0) is 11.3. The molecule has 84 valence electrons. The van der Waals surface area contributed by atoms with Gasteiger partial charge in [-0.15, -0.1) is 0 Å². The molecule has 15 heavy (non-hydrogen) atoms. The van der Waals surface area contributed by atoms with Crippen molar-refractivity contribution < 1.29 is 0 Å². The molecule has 3 nitrogen and oxygen atoms in total. The van der Waals surface area contributed by atoms with Crippen LogP contribution in [0.25, 0.3) is 0 Å². The third-order valence-electron chi connectivity index (χ3n) is 2.33. The van der Waals surface area contributed by atoms with Crippen LogP contribution in [-0.2, 0) is 0 Å². The number of nitrogens with one attached hydrogen (secondary N) is 1. The van der Waals surface area contributed by atoms with E-state index in [0.717, 1.165) is 23.9 Å². The maximum absolute atomic E-state index is 4.22. The van der Waals surface area contributed by atoms with Crippen molar-refractivity contribution >= 4 is 5.95 Å². The molecule has 0 radical (unpaired) electrons. The first kappa shape index (κ1) is 12.0. The molecule has 0 aliphatic rings. The number of hydrogen-bond acceptors (Lipinski definition) is 3. The predicted molar refractivity (Wildman–Crippen MR) is 63.9 cm³/mol. The SMILES string of the molecule is Cc1cnc(NC(C)CCC(C)C)nc1. The molecule has 0 aliphatic carbocycles. The van der Waals surface area contributed by atoms with E-state index in [2.05, 4.69) is 36.1 Å². The summed E-state index contributed by atoms with van der Waals surface area (Å²) in [7, 11) is 0. The Balaban J connectivity index is 2.37. The average Bonchev–Trinajstić information content (AvgIpc) is 2.19. The maximum atomic E-state index is 4.22. The minimum absolute atomic E-state index is 0.440. The van der Waals surface area contributed by atoms with E-state index < -0.39 is 0 Å². The van der Waals surface area contributed by atoms with Crippen LogP contribution < -0.4 is 5.32 Å². The van der Waals surface area contributed by atoms with Crippen molar-refractivity contribution in [1.82, 2.24) is 9.97 Å². The Morgan fingerprint density at radius 3 is 2.27 bits per heavy atom. The van der Waals surface area contributed by atoms with Gasteiger partial charge in [0, 0.05) is 18.4 Å². The Kier molecular flexibility index (Phi) is 4.53. The highest BCUT2D eigenvalue weighted by Crippen LogP contribution is 2.09. The molecule has 0 aliphatic heterocycles. The minimum atomic E-state index is 0.440. The molecule has 1 N–H and O–H groups in total. The molecule has 1 heterocycles. The van der Waals surface area contributed by atoms with Gasteiger partial charge in [-0.05, 0) is 38.2 Å². The molecule has 0 fully saturated rings. The summed E-state index contributed by atoms with van der Waals surface area (Å²) in [6.07, 6.45) is 6.07. The van der Waals surface area contributed by atoms with Crippen molar-refractivity contribution in [2.45, 2.75) is 46.6 Å². The summed E-state index contributed by atoms with van der Waals surface area (Å²) in [6.45, 7) is 8.65. The van der Waals surface area contributed by atoms with Crippen LogP contribution in [0.2, 0.25) is 0 Å². The Hall–Kier alpha value is -1.12. The number of nitrogens with zero attached hydrogens (tertiary/aromatic N) is 2. The number of aromatic nitrogens is 2. The van der Waals surface area contributed by atoms with Gasteiger partial charge < -0.3 is 5.32 Å². The molecule has 0 spiro atoms. The Morgan fingerprint density at radius 1 is 1.13 bits per heavy atom. The van der Waals surface area contributed by atoms with Gasteiger partial charge in [-0.3, -0.25) is 0 Å². The van der Waals surface area contributed by atoms with Crippen LogP contribution in [0.15, 0.2) is 12.4 Å². The van der Waals surface area contributed by atoms with Crippen molar-refractivity contribution in [3.8, 4) is 0 Å². The van der Waals surface area contributed by atoms with E-state index in [-0.39, 0.29) is 0 Å². The molecule has 3 heteroatoms. The van der Waals surface area contributed by atoms with Crippen molar-refractivity contribution in [3.05, 3.63) is 18.0 Å². The maximum Gasteiger partial charge on any atom is 0.222 e. The molecular formula is C12H21N3. The van der Waals surface area contributed by atoms with E-state index in [1.54, 1.807) is 0 Å². The quantitative estimate of drug-likeness (QED) is 0.806. The lowest BCUT2D eigenvalue weighted by molar-refractivity contribution is 0.526. The molecule has 1 aromatic rings. The molecule has 0 amide bonds. The van der Waals surface area contributed by atoms with Gasteiger partial charge in [-0.1, -0.05) is 13.8 Å². The van der Waals surface area contributed by atoms with E-state index in [1.807, 2.05) is 19.3 Å². The van der Waals surface area contributed by atoms with Gasteiger partial charge in [0.1, 0.15) is 0 Å². The average molecular weight is 207 g/mol. The summed E-state index contributed by atoms with van der Waals surface area (Å²) in [4.78, 5) is 8.45. The fourth-order valence-electron chi connectivity index (χ4n) is 1.34. The van der Waals surface area contributed by atoms with Crippen LogP contribution in [0, 0.1) is 12.8 Å². The summed E-state index contributed by atoms with van der Waals surface area (Å²) >= 11 is 0. The summed E-state index contributed by atoms with van der Waals surface area (Å²) < 4.78 is 0. The lowest BCUT2D eigenvalue weighted by Gasteiger charge is -2.14. The number of rotatable bonds is 5. The highest BCUT2D eigenvalue weighted by atomic mass is 15.1. The van der Waals surface area contributed by atoms with Crippen LogP contribution in [0.4, 0.5) is 5.95 Å². The number of hydrogen-bond donors (Lipinski definition) is 1. The minimum Gasteiger partial charge on any atom is -0.352 e. The Bertz CT molecular complexity index is 279. The van der Waals surface area contributed by atoms with Gasteiger partial charge >= 0.3 is 0 Å². The zero-order valence-electron chi connectivity index (χ0n) is 10.1. The smallest absolute Gasteiger partial charge is 0.222 e. The standard InChI is InChI=1S/C12H21N3/c1-9(2)5-6-11(4)15-12-13-7-10(3)8-14-12/h7-9,11H,5-6H2,1-4H3,(H,13,14,15). The largest absolute Gasteiger partial charge is 0.352 e. The number of aryl methyl sites for hydroxylation is 1. The highest BCUT2D eigenvalue weighted by molar-refractivity contribution is 5.25. The first-order valence-electron chi connectivity index (χ1n) is 5.63. The molecule has 1 aromatic heterocycles. The van der Waals surface area contributed by atoms with E-state index in [9.17, 15) is 0 Å². The van der Waals surface area contributed by atoms with E-state index in [1.165, 1.54) is 6.42 Å². The van der Waals surface area contributed by atoms with Crippen molar-refractivity contribution in [2.24, 2.45) is 5.92 Å². The lowest BCUT2D eigenvalue weighted by atomic mass is 10.0. The first-order valence-corrected chi connectivity index (χ1v) is 5.63. The van der Waals surface area contributed by atoms with E-state index in [0.29, 0.717) is 6.04 Å². The van der Waals surface area contributed by atoms with Gasteiger partial charge in [0.25, 0.3) is 0 Å². The molecule has 0 saturated heterocycles. The summed E-state index contributed by atoms with van der Waals surface area (Å²) in [5, 5.41) is 3.30. The molecular weight excluding hydrogens is 186 g/mol. The molecule has 1 unspecified atom stereocenters. The molecule has 0 aromatic carbocycles. The normalized spacial score (nSPS) is 12.9. The zero-order valence-corrected chi connectivity index (χ0v) is 10.1. The predicted octanol–water partition coefficient (Wildman–Crippen LogP) is 3.02. The molecule has 1 rings (SSSR count). The third-order valence-corrected chi connectivity index (χ3v) is 2.33. The summed E-state index contributed by atoms with van der Waals surface area (Å²) in [6, 6.07) is 0.440. The van der Waals surface area contributed by atoms with Crippen molar-refractivity contribution in [3.63, 3.8) is 0 Å². The van der Waals surface area contributed by atoms with Gasteiger partial charge in [0.05, 0.1) is 0 Å². The van der Waals surface area contributed by atoms with Gasteiger partial charge in [0.15, 0.2) is 0 Å². The Morgan fingerprint density at radius 2 is 1.73 bits per heavy atom. The second-order valence-electron chi connectivity index (χ2n) is 4.60. The third kappa shape index (κ3) is 4.77. The Labute approximate surface area is 92.3 Å². The fourth-order valence-corrected chi connectivity index (χ4v) is 1.34. The molecule has 0 bridgehead atoms. The topological polar surface area (TPSA) is 37.8 Å². The lowest BCUT2D eigenvalue weighted by Crippen LogP contribution is -2.17. The second-order valence-corrected chi connectivity index (χ2v) is 4.60. The van der Waals surface area contributed by atoms with Crippen LogP contribution in [0.5, 0.6) is 0 Å². The van der Waals surface area contributed by atoms with Crippen LogP contribution in [0.1, 0.15) is 39.2 Å². The molecule has 0 saturated carbocycles. The van der Waals surface area contributed by atoms with Crippen LogP contribution in [-0.4, -0.2) is 16.0 Å². The van der Waals surface area contributed by atoms with Crippen LogP contribution in [0.3, 0.4) is 0 Å². The molecule has 1 atom stereocenters. The van der Waals surface area contributed by atoms with Gasteiger partial charge in [-0.25, -0.2) is 9.97 Å².